The minimum absolute atomic E-state index is 0. The first-order chi connectivity index (χ1) is 14.3. The number of fused-ring (bicyclic) bond motifs is 1. The molecule has 0 bridgehead atoms. The number of aryl methyl sites for hydroxylation is 1. The first-order valence-corrected chi connectivity index (χ1v) is 10.7. The maximum Gasteiger partial charge on any atom is 0.193 e. The lowest BCUT2D eigenvalue weighted by Crippen LogP contribution is -2.50. The van der Waals surface area contributed by atoms with E-state index in [-0.39, 0.29) is 30.1 Å². The van der Waals surface area contributed by atoms with E-state index in [4.69, 9.17) is 4.74 Å². The molecule has 2 fully saturated rings. The molecule has 2 aromatic rings. The van der Waals surface area contributed by atoms with Crippen LogP contribution >= 0.6 is 24.0 Å². The van der Waals surface area contributed by atoms with Gasteiger partial charge in [-0.05, 0) is 24.0 Å². The molecule has 2 aliphatic rings. The molecule has 5 nitrogen and oxygen atoms in total. The fraction of sp³-hybridized carbons (Fsp3) is 0.458. The van der Waals surface area contributed by atoms with Gasteiger partial charge in [0.05, 0.1) is 18.8 Å². The number of hydrogen-bond donors (Lipinski definition) is 1. The molecule has 2 heterocycles. The van der Waals surface area contributed by atoms with E-state index in [0.29, 0.717) is 6.04 Å². The number of nitrogens with zero attached hydrogens (tertiary/aromatic N) is 3. The molecule has 2 unspecified atom stereocenters. The maximum absolute atomic E-state index is 6.11. The topological polar surface area (TPSA) is 40.1 Å². The van der Waals surface area contributed by atoms with Crippen molar-refractivity contribution in [1.29, 1.82) is 0 Å². The van der Waals surface area contributed by atoms with Crippen LogP contribution in [0.5, 0.6) is 0 Å². The first kappa shape index (κ1) is 23.0. The number of halogens is 1. The Morgan fingerprint density at radius 3 is 2.43 bits per heavy atom. The lowest BCUT2D eigenvalue weighted by Gasteiger charge is -2.36. The van der Waals surface area contributed by atoms with Crippen molar-refractivity contribution in [3.05, 3.63) is 71.8 Å². The van der Waals surface area contributed by atoms with E-state index in [1.54, 1.807) is 0 Å². The zero-order valence-corrected chi connectivity index (χ0v) is 20.1. The fourth-order valence-corrected chi connectivity index (χ4v) is 4.42. The largest absolute Gasteiger partial charge is 0.373 e. The van der Waals surface area contributed by atoms with E-state index in [1.807, 2.05) is 7.05 Å². The number of aliphatic imine (C=N–C) groups is 1. The number of benzene rings is 2. The van der Waals surface area contributed by atoms with Gasteiger partial charge in [0.25, 0.3) is 0 Å². The zero-order chi connectivity index (χ0) is 19.9. The third kappa shape index (κ3) is 5.95. The Labute approximate surface area is 197 Å². The first-order valence-electron chi connectivity index (χ1n) is 10.7. The van der Waals surface area contributed by atoms with Gasteiger partial charge in [-0.3, -0.25) is 9.89 Å². The number of ether oxygens (including phenoxy) is 1. The smallest absolute Gasteiger partial charge is 0.193 e. The maximum atomic E-state index is 6.11. The summed E-state index contributed by atoms with van der Waals surface area (Å²) < 4.78 is 6.11. The Morgan fingerprint density at radius 2 is 1.73 bits per heavy atom. The van der Waals surface area contributed by atoms with Gasteiger partial charge >= 0.3 is 0 Å². The predicted octanol–water partition coefficient (Wildman–Crippen LogP) is 3.40. The van der Waals surface area contributed by atoms with Crippen molar-refractivity contribution >= 4 is 29.9 Å². The second kappa shape index (κ2) is 11.7. The van der Waals surface area contributed by atoms with Crippen LogP contribution in [0.3, 0.4) is 0 Å². The summed E-state index contributed by atoms with van der Waals surface area (Å²) in [5, 5.41) is 3.56. The molecule has 2 aliphatic heterocycles. The van der Waals surface area contributed by atoms with E-state index in [0.717, 1.165) is 58.1 Å². The molecule has 0 amide bonds. The lowest BCUT2D eigenvalue weighted by atomic mass is 10.1. The van der Waals surface area contributed by atoms with Crippen molar-refractivity contribution in [2.45, 2.75) is 31.5 Å². The molecule has 162 valence electrons. The molecule has 0 aliphatic carbocycles. The van der Waals surface area contributed by atoms with E-state index in [2.05, 4.69) is 80.8 Å². The second-order valence-electron chi connectivity index (χ2n) is 7.90. The Hall–Kier alpha value is -1.64. The van der Waals surface area contributed by atoms with Gasteiger partial charge in [0.15, 0.2) is 5.96 Å². The summed E-state index contributed by atoms with van der Waals surface area (Å²) in [6, 6.07) is 21.8. The Balaban J connectivity index is 0.00000256. The zero-order valence-electron chi connectivity index (χ0n) is 17.7. The van der Waals surface area contributed by atoms with Crippen molar-refractivity contribution in [2.75, 3.05) is 39.8 Å². The summed E-state index contributed by atoms with van der Waals surface area (Å²) >= 11 is 0. The van der Waals surface area contributed by atoms with Crippen molar-refractivity contribution in [2.24, 2.45) is 4.99 Å². The Kier molecular flexibility index (Phi) is 8.96. The third-order valence-corrected chi connectivity index (χ3v) is 5.92. The van der Waals surface area contributed by atoms with Crippen LogP contribution in [0.15, 0.2) is 65.7 Å². The summed E-state index contributed by atoms with van der Waals surface area (Å²) in [4.78, 5) is 9.48. The molecule has 6 heteroatoms. The van der Waals surface area contributed by atoms with E-state index < -0.39 is 0 Å². The molecule has 2 saturated heterocycles. The highest BCUT2D eigenvalue weighted by molar-refractivity contribution is 14.0. The molecular formula is C24H33IN4O. The minimum atomic E-state index is 0. The highest BCUT2D eigenvalue weighted by atomic mass is 127. The van der Waals surface area contributed by atoms with Crippen LogP contribution < -0.4 is 5.32 Å². The standard InChI is InChI=1S/C24H32N4O.HI/c1-25-24(26-14-8-13-20-9-4-2-5-10-20)28-18-22-23(19-28)29-16-15-27(22)17-21-11-6-3-7-12-21;/h2-7,9-12,22-23H,8,13-19H2,1H3,(H,25,26);1H. The highest BCUT2D eigenvalue weighted by Gasteiger charge is 2.41. The van der Waals surface area contributed by atoms with Crippen molar-refractivity contribution in [1.82, 2.24) is 15.1 Å². The number of nitrogens with one attached hydrogen (secondary N) is 1. The number of guanidine groups is 1. The molecule has 2 aromatic carbocycles. The Morgan fingerprint density at radius 1 is 1.03 bits per heavy atom. The second-order valence-corrected chi connectivity index (χ2v) is 7.90. The molecule has 4 rings (SSSR count). The van der Waals surface area contributed by atoms with Gasteiger partial charge < -0.3 is 15.0 Å². The fourth-order valence-electron chi connectivity index (χ4n) is 4.42. The van der Waals surface area contributed by atoms with Crippen molar-refractivity contribution < 1.29 is 4.74 Å². The van der Waals surface area contributed by atoms with Gasteiger partial charge in [0.2, 0.25) is 0 Å². The van der Waals surface area contributed by atoms with Crippen LogP contribution in [0.4, 0.5) is 0 Å². The van der Waals surface area contributed by atoms with E-state index in [9.17, 15) is 0 Å². The Bertz CT molecular complexity index is 786. The van der Waals surface area contributed by atoms with Crippen LogP contribution in [-0.2, 0) is 17.7 Å². The summed E-state index contributed by atoms with van der Waals surface area (Å²) in [5.74, 6) is 0.996. The van der Waals surface area contributed by atoms with Gasteiger partial charge in [0, 0.05) is 39.8 Å². The quantitative estimate of drug-likeness (QED) is 0.275. The summed E-state index contributed by atoms with van der Waals surface area (Å²) in [6.45, 7) is 5.60. The molecule has 0 spiro atoms. The number of rotatable bonds is 6. The van der Waals surface area contributed by atoms with Gasteiger partial charge in [-0.15, -0.1) is 24.0 Å². The third-order valence-electron chi connectivity index (χ3n) is 5.92. The van der Waals surface area contributed by atoms with Crippen LogP contribution in [0.1, 0.15) is 17.5 Å². The number of morpholine rings is 1. The minimum Gasteiger partial charge on any atom is -0.373 e. The summed E-state index contributed by atoms with van der Waals surface area (Å²) in [5.41, 5.74) is 2.76. The van der Waals surface area contributed by atoms with Gasteiger partial charge in [0.1, 0.15) is 0 Å². The van der Waals surface area contributed by atoms with Gasteiger partial charge in [-0.2, -0.15) is 0 Å². The predicted molar refractivity (Wildman–Crippen MR) is 133 cm³/mol. The van der Waals surface area contributed by atoms with Crippen LogP contribution in [0.25, 0.3) is 0 Å². The summed E-state index contributed by atoms with van der Waals surface area (Å²) in [6.07, 6.45) is 2.44. The monoisotopic (exact) mass is 520 g/mol. The van der Waals surface area contributed by atoms with Gasteiger partial charge in [-0.1, -0.05) is 60.7 Å². The molecule has 30 heavy (non-hydrogen) atoms. The molecule has 0 aromatic heterocycles. The molecule has 1 N–H and O–H groups in total. The van der Waals surface area contributed by atoms with Crippen LogP contribution in [0.2, 0.25) is 0 Å². The highest BCUT2D eigenvalue weighted by Crippen LogP contribution is 2.24. The molecule has 0 radical (unpaired) electrons. The molecule has 2 atom stereocenters. The normalized spacial score (nSPS) is 21.8. The van der Waals surface area contributed by atoms with E-state index >= 15 is 0 Å². The van der Waals surface area contributed by atoms with E-state index in [1.165, 1.54) is 11.1 Å². The molecular weight excluding hydrogens is 487 g/mol. The van der Waals surface area contributed by atoms with Crippen molar-refractivity contribution in [3.8, 4) is 0 Å². The molecule has 0 saturated carbocycles. The van der Waals surface area contributed by atoms with Crippen molar-refractivity contribution in [3.63, 3.8) is 0 Å². The average Bonchev–Trinajstić information content (AvgIpc) is 3.20. The van der Waals surface area contributed by atoms with Crippen LogP contribution in [-0.4, -0.2) is 67.7 Å². The number of likely N-dealkylation sites (tertiary alicyclic amines) is 1. The lowest BCUT2D eigenvalue weighted by molar-refractivity contribution is -0.0502. The summed E-state index contributed by atoms with van der Waals surface area (Å²) in [7, 11) is 1.88. The number of hydrogen-bond acceptors (Lipinski definition) is 3. The van der Waals surface area contributed by atoms with Crippen LogP contribution in [0, 0.1) is 0 Å². The SMILES string of the molecule is CN=C(NCCCc1ccccc1)N1CC2OCCN(Cc3ccccc3)C2C1.I. The van der Waals surface area contributed by atoms with Gasteiger partial charge in [-0.25, -0.2) is 0 Å². The average molecular weight is 520 g/mol.